The lowest BCUT2D eigenvalue weighted by atomic mass is 10.1. The van der Waals surface area contributed by atoms with Crippen molar-refractivity contribution in [1.29, 1.82) is 0 Å². The number of nitrogens with two attached hydrogens (primary N) is 3. The lowest BCUT2D eigenvalue weighted by Crippen LogP contribution is -2.52. The van der Waals surface area contributed by atoms with Crippen molar-refractivity contribution >= 4 is 35.6 Å². The second-order valence-electron chi connectivity index (χ2n) is 5.55. The average molecular weight is 403 g/mol. The Bertz CT molecular complexity index is 619. The van der Waals surface area contributed by atoms with E-state index < -0.39 is 61.3 Å². The van der Waals surface area contributed by atoms with Crippen molar-refractivity contribution in [3.8, 4) is 0 Å². The summed E-state index contributed by atoms with van der Waals surface area (Å²) in [6.45, 7) is -0.897. The van der Waals surface area contributed by atoms with Gasteiger partial charge in [0.05, 0.1) is 19.5 Å². The molecule has 2 atom stereocenters. The Morgan fingerprint density at radius 3 is 2.07 bits per heavy atom. The first kappa shape index (κ1) is 24.6. The molecule has 0 spiro atoms. The second-order valence-corrected chi connectivity index (χ2v) is 5.55. The number of nitrogens with one attached hydrogen (secondary N) is 3. The van der Waals surface area contributed by atoms with Crippen LogP contribution in [0, 0.1) is 0 Å². The average Bonchev–Trinajstić information content (AvgIpc) is 2.60. The van der Waals surface area contributed by atoms with Gasteiger partial charge in [0.2, 0.25) is 17.7 Å². The summed E-state index contributed by atoms with van der Waals surface area (Å²) in [4.78, 5) is 60.7. The van der Waals surface area contributed by atoms with Gasteiger partial charge in [0, 0.05) is 6.54 Å². The van der Waals surface area contributed by atoms with Crippen LogP contribution in [0.15, 0.2) is 4.99 Å². The zero-order valence-electron chi connectivity index (χ0n) is 15.0. The maximum absolute atomic E-state index is 12.0. The van der Waals surface area contributed by atoms with Gasteiger partial charge in [0.25, 0.3) is 0 Å². The molecule has 0 rings (SSSR count). The van der Waals surface area contributed by atoms with Gasteiger partial charge < -0.3 is 43.4 Å². The van der Waals surface area contributed by atoms with Gasteiger partial charge in [-0.25, -0.2) is 4.79 Å². The van der Waals surface area contributed by atoms with Crippen LogP contribution in [0.3, 0.4) is 0 Å². The molecule has 0 saturated carbocycles. The van der Waals surface area contributed by atoms with E-state index in [1.165, 1.54) is 0 Å². The normalized spacial score (nSPS) is 12.2. The van der Waals surface area contributed by atoms with Crippen molar-refractivity contribution in [2.45, 2.75) is 31.3 Å². The second kappa shape index (κ2) is 12.9. The van der Waals surface area contributed by atoms with E-state index in [4.69, 9.17) is 27.4 Å². The van der Waals surface area contributed by atoms with E-state index in [1.807, 2.05) is 0 Å². The van der Waals surface area contributed by atoms with Crippen LogP contribution in [-0.4, -0.2) is 77.6 Å². The minimum atomic E-state index is -1.43. The summed E-state index contributed by atoms with van der Waals surface area (Å²) in [5, 5.41) is 24.3. The quantitative estimate of drug-likeness (QED) is 0.0832. The highest BCUT2D eigenvalue weighted by atomic mass is 16.4. The number of carbonyl (C=O) groups excluding carboxylic acids is 3. The van der Waals surface area contributed by atoms with Gasteiger partial charge in [-0.05, 0) is 12.8 Å². The molecular formula is C14H25N7O7. The molecule has 0 bridgehead atoms. The maximum Gasteiger partial charge on any atom is 0.326 e. The molecule has 3 amide bonds. The molecule has 0 fully saturated rings. The minimum Gasteiger partial charge on any atom is -0.481 e. The molecular weight excluding hydrogens is 378 g/mol. The number of nitrogens with zero attached hydrogens (tertiary/aromatic N) is 1. The molecule has 0 radical (unpaired) electrons. The van der Waals surface area contributed by atoms with Crippen molar-refractivity contribution in [1.82, 2.24) is 16.0 Å². The number of carbonyl (C=O) groups is 5. The zero-order chi connectivity index (χ0) is 21.7. The first-order valence-electron chi connectivity index (χ1n) is 8.13. The molecule has 14 heteroatoms. The lowest BCUT2D eigenvalue weighted by Gasteiger charge is -2.17. The van der Waals surface area contributed by atoms with Gasteiger partial charge in [-0.2, -0.15) is 0 Å². The highest BCUT2D eigenvalue weighted by molar-refractivity contribution is 5.93. The Morgan fingerprint density at radius 2 is 1.57 bits per heavy atom. The third kappa shape index (κ3) is 11.2. The van der Waals surface area contributed by atoms with Crippen LogP contribution in [0.25, 0.3) is 0 Å². The number of aliphatic imine (C=N–C) groups is 1. The highest BCUT2D eigenvalue weighted by Crippen LogP contribution is 1.99. The molecule has 158 valence electrons. The highest BCUT2D eigenvalue weighted by Gasteiger charge is 2.24. The van der Waals surface area contributed by atoms with Crippen LogP contribution in [0.1, 0.15) is 19.3 Å². The Balaban J connectivity index is 4.61. The summed E-state index contributed by atoms with van der Waals surface area (Å²) in [7, 11) is 0. The largest absolute Gasteiger partial charge is 0.481 e. The molecule has 0 saturated heterocycles. The molecule has 0 heterocycles. The standard InChI is InChI=1S/C14H25N7O7/c15-5-9(22)21-8(4-11(24)25)12(26)19-6-10(23)20-7(13(27)28)2-1-3-18-14(16)17/h7-8H,1-6,15H2,(H,19,26)(H,20,23)(H,21,22)(H,24,25)(H,27,28)(H4,16,17,18). The Morgan fingerprint density at radius 1 is 0.964 bits per heavy atom. The Labute approximate surface area is 159 Å². The van der Waals surface area contributed by atoms with Crippen LogP contribution in [0.5, 0.6) is 0 Å². The van der Waals surface area contributed by atoms with Crippen molar-refractivity contribution < 1.29 is 34.2 Å². The molecule has 11 N–H and O–H groups in total. The van der Waals surface area contributed by atoms with Gasteiger partial charge in [-0.3, -0.25) is 24.2 Å². The topological polar surface area (TPSA) is 252 Å². The summed E-state index contributed by atoms with van der Waals surface area (Å²) < 4.78 is 0. The van der Waals surface area contributed by atoms with Crippen molar-refractivity contribution in [3.63, 3.8) is 0 Å². The number of amides is 3. The zero-order valence-corrected chi connectivity index (χ0v) is 15.0. The molecule has 0 aromatic rings. The number of aliphatic carboxylic acids is 2. The molecule has 28 heavy (non-hydrogen) atoms. The van der Waals surface area contributed by atoms with E-state index in [9.17, 15) is 24.0 Å². The molecule has 0 aromatic carbocycles. The van der Waals surface area contributed by atoms with Crippen LogP contribution < -0.4 is 33.2 Å². The van der Waals surface area contributed by atoms with Gasteiger partial charge in [0.1, 0.15) is 12.1 Å². The van der Waals surface area contributed by atoms with E-state index in [0.29, 0.717) is 0 Å². The first-order valence-corrected chi connectivity index (χ1v) is 8.13. The fraction of sp³-hybridized carbons (Fsp3) is 0.571. The van der Waals surface area contributed by atoms with Crippen molar-refractivity contribution in [2.24, 2.45) is 22.2 Å². The molecule has 2 unspecified atom stereocenters. The van der Waals surface area contributed by atoms with E-state index >= 15 is 0 Å². The number of hydrogen-bond acceptors (Lipinski definition) is 7. The third-order valence-corrected chi connectivity index (χ3v) is 3.22. The predicted molar refractivity (Wildman–Crippen MR) is 95.7 cm³/mol. The van der Waals surface area contributed by atoms with Crippen LogP contribution in [-0.2, 0) is 24.0 Å². The summed E-state index contributed by atoms with van der Waals surface area (Å²) in [6, 6.07) is -2.67. The third-order valence-electron chi connectivity index (χ3n) is 3.22. The van der Waals surface area contributed by atoms with Gasteiger partial charge >= 0.3 is 11.9 Å². The van der Waals surface area contributed by atoms with E-state index in [1.54, 1.807) is 0 Å². The molecule has 0 aliphatic carbocycles. The SMILES string of the molecule is NCC(=O)NC(CC(=O)O)C(=O)NCC(=O)NC(CCCN=C(N)N)C(=O)O. The predicted octanol–water partition coefficient (Wildman–Crippen LogP) is -4.36. The van der Waals surface area contributed by atoms with Gasteiger partial charge in [0.15, 0.2) is 5.96 Å². The van der Waals surface area contributed by atoms with E-state index in [0.717, 1.165) is 0 Å². The van der Waals surface area contributed by atoms with Crippen LogP contribution in [0.2, 0.25) is 0 Å². The lowest BCUT2D eigenvalue weighted by molar-refractivity contribution is -0.142. The van der Waals surface area contributed by atoms with Crippen molar-refractivity contribution in [3.05, 3.63) is 0 Å². The Kier molecular flexibility index (Phi) is 11.3. The van der Waals surface area contributed by atoms with Crippen molar-refractivity contribution in [2.75, 3.05) is 19.6 Å². The summed E-state index contributed by atoms with van der Waals surface area (Å²) in [5.41, 5.74) is 15.4. The number of carboxylic acids is 2. The van der Waals surface area contributed by atoms with E-state index in [-0.39, 0.29) is 25.3 Å². The molecule has 0 aromatic heterocycles. The van der Waals surface area contributed by atoms with Gasteiger partial charge in [-0.1, -0.05) is 0 Å². The number of hydrogen-bond donors (Lipinski definition) is 8. The minimum absolute atomic E-state index is 0.0417. The van der Waals surface area contributed by atoms with Crippen LogP contribution in [0.4, 0.5) is 0 Å². The smallest absolute Gasteiger partial charge is 0.326 e. The monoisotopic (exact) mass is 403 g/mol. The molecule has 0 aliphatic heterocycles. The fourth-order valence-electron chi connectivity index (χ4n) is 1.93. The number of rotatable bonds is 13. The first-order chi connectivity index (χ1) is 13.1. The molecule has 0 aliphatic rings. The fourth-order valence-corrected chi connectivity index (χ4v) is 1.93. The van der Waals surface area contributed by atoms with Gasteiger partial charge in [-0.15, -0.1) is 0 Å². The Hall–Kier alpha value is -3.42. The van der Waals surface area contributed by atoms with Crippen LogP contribution >= 0.6 is 0 Å². The summed E-state index contributed by atoms with van der Waals surface area (Å²) >= 11 is 0. The number of guanidine groups is 1. The van der Waals surface area contributed by atoms with E-state index in [2.05, 4.69) is 20.9 Å². The summed E-state index contributed by atoms with van der Waals surface area (Å²) in [6.07, 6.45) is -0.394. The number of carboxylic acid groups (broad SMARTS) is 2. The summed E-state index contributed by atoms with van der Waals surface area (Å²) in [5.74, 6) is -5.29. The maximum atomic E-state index is 12.0. The molecule has 14 nitrogen and oxygen atoms in total.